The molecule has 1 amide bonds. The molecule has 0 bridgehead atoms. The second kappa shape index (κ2) is 4.66. The van der Waals surface area contributed by atoms with Crippen LogP contribution in [-0.2, 0) is 9.84 Å². The van der Waals surface area contributed by atoms with Gasteiger partial charge in [0.05, 0.1) is 22.1 Å². The molecule has 1 atom stereocenters. The number of amides is 1. The summed E-state index contributed by atoms with van der Waals surface area (Å²) in [4.78, 5) is 11.8. The molecule has 1 N–H and O–H groups in total. The van der Waals surface area contributed by atoms with Gasteiger partial charge in [0.25, 0.3) is 5.91 Å². The predicted molar refractivity (Wildman–Crippen MR) is 66.0 cm³/mol. The maximum Gasteiger partial charge on any atom is 0.253 e. The van der Waals surface area contributed by atoms with Gasteiger partial charge in [-0.3, -0.25) is 4.79 Å². The van der Waals surface area contributed by atoms with Gasteiger partial charge in [-0.15, -0.1) is 0 Å². The Morgan fingerprint density at radius 3 is 2.65 bits per heavy atom. The lowest BCUT2D eigenvalue weighted by atomic mass is 10.2. The number of hydrogen-bond acceptors (Lipinski definition) is 3. The fourth-order valence-electron chi connectivity index (χ4n) is 1.82. The number of carbonyl (C=O) groups excluding carboxylic acids is 1. The van der Waals surface area contributed by atoms with Crippen molar-refractivity contribution in [3.8, 4) is 0 Å². The smallest absolute Gasteiger partial charge is 0.253 e. The van der Waals surface area contributed by atoms with Gasteiger partial charge >= 0.3 is 0 Å². The fourth-order valence-corrected chi connectivity index (χ4v) is 3.71. The van der Waals surface area contributed by atoms with Gasteiger partial charge in [0.15, 0.2) is 9.84 Å². The molecule has 1 saturated heterocycles. The van der Waals surface area contributed by atoms with E-state index in [4.69, 9.17) is 11.6 Å². The van der Waals surface area contributed by atoms with Crippen molar-refractivity contribution in [1.29, 1.82) is 0 Å². The van der Waals surface area contributed by atoms with Crippen molar-refractivity contribution in [3.63, 3.8) is 0 Å². The molecule has 0 aromatic heterocycles. The van der Waals surface area contributed by atoms with E-state index in [1.54, 1.807) is 24.3 Å². The number of carbonyl (C=O) groups is 1. The zero-order chi connectivity index (χ0) is 12.5. The molecule has 0 saturated carbocycles. The Morgan fingerprint density at radius 1 is 1.35 bits per heavy atom. The molecular weight excluding hydrogens is 262 g/mol. The lowest BCUT2D eigenvalue weighted by Gasteiger charge is -2.11. The standard InChI is InChI=1S/C11H12ClNO3S/c12-10-4-2-1-3-9(10)11(14)13-8-5-6-17(15,16)7-8/h1-4,8H,5-7H2,(H,13,14)/t8-/m1/s1. The summed E-state index contributed by atoms with van der Waals surface area (Å²) in [5.74, 6) is -0.165. The van der Waals surface area contributed by atoms with Crippen LogP contribution < -0.4 is 5.32 Å². The minimum Gasteiger partial charge on any atom is -0.348 e. The van der Waals surface area contributed by atoms with Crippen molar-refractivity contribution in [2.45, 2.75) is 12.5 Å². The first kappa shape index (κ1) is 12.4. The predicted octanol–water partition coefficient (Wildman–Crippen LogP) is 1.26. The number of benzene rings is 1. The average Bonchev–Trinajstić information content (AvgIpc) is 2.58. The largest absolute Gasteiger partial charge is 0.348 e. The number of rotatable bonds is 2. The second-order valence-electron chi connectivity index (χ2n) is 4.05. The van der Waals surface area contributed by atoms with E-state index in [1.807, 2.05) is 0 Å². The van der Waals surface area contributed by atoms with Gasteiger partial charge < -0.3 is 5.32 Å². The van der Waals surface area contributed by atoms with Crippen molar-refractivity contribution < 1.29 is 13.2 Å². The van der Waals surface area contributed by atoms with E-state index in [0.29, 0.717) is 17.0 Å². The van der Waals surface area contributed by atoms with Crippen LogP contribution in [-0.4, -0.2) is 31.9 Å². The molecule has 0 unspecified atom stereocenters. The Labute approximate surface area is 105 Å². The number of hydrogen-bond donors (Lipinski definition) is 1. The molecule has 1 fully saturated rings. The van der Waals surface area contributed by atoms with Gasteiger partial charge in [0, 0.05) is 6.04 Å². The highest BCUT2D eigenvalue weighted by Crippen LogP contribution is 2.16. The molecule has 0 radical (unpaired) electrons. The van der Waals surface area contributed by atoms with Crippen LogP contribution in [0.15, 0.2) is 24.3 Å². The zero-order valence-corrected chi connectivity index (χ0v) is 10.6. The Kier molecular flexibility index (Phi) is 3.40. The highest BCUT2D eigenvalue weighted by molar-refractivity contribution is 7.91. The minimum absolute atomic E-state index is 0.0171. The van der Waals surface area contributed by atoms with E-state index in [1.165, 1.54) is 0 Å². The van der Waals surface area contributed by atoms with Gasteiger partial charge in [-0.2, -0.15) is 0 Å². The molecule has 4 nitrogen and oxygen atoms in total. The Bertz CT molecular complexity index is 541. The summed E-state index contributed by atoms with van der Waals surface area (Å²) in [5.41, 5.74) is 0.374. The van der Waals surface area contributed by atoms with Gasteiger partial charge in [-0.05, 0) is 18.6 Å². The quantitative estimate of drug-likeness (QED) is 0.882. The van der Waals surface area contributed by atoms with E-state index in [2.05, 4.69) is 5.32 Å². The van der Waals surface area contributed by atoms with Crippen molar-refractivity contribution in [3.05, 3.63) is 34.9 Å². The molecule has 1 aliphatic rings. The summed E-state index contributed by atoms with van der Waals surface area (Å²) in [6.07, 6.45) is 0.471. The maximum absolute atomic E-state index is 11.8. The van der Waals surface area contributed by atoms with Crippen LogP contribution >= 0.6 is 11.6 Å². The van der Waals surface area contributed by atoms with E-state index in [9.17, 15) is 13.2 Å². The lowest BCUT2D eigenvalue weighted by Crippen LogP contribution is -2.35. The monoisotopic (exact) mass is 273 g/mol. The van der Waals surface area contributed by atoms with Gasteiger partial charge in [-0.25, -0.2) is 8.42 Å². The number of sulfone groups is 1. The third-order valence-corrected chi connectivity index (χ3v) is 4.78. The van der Waals surface area contributed by atoms with Crippen molar-refractivity contribution >= 4 is 27.3 Å². The first-order valence-electron chi connectivity index (χ1n) is 5.24. The zero-order valence-electron chi connectivity index (χ0n) is 9.02. The molecule has 2 rings (SSSR count). The Hall–Kier alpha value is -1.07. The van der Waals surface area contributed by atoms with Crippen LogP contribution in [0, 0.1) is 0 Å². The van der Waals surface area contributed by atoms with Gasteiger partial charge in [-0.1, -0.05) is 23.7 Å². The highest BCUT2D eigenvalue weighted by Gasteiger charge is 2.29. The summed E-state index contributed by atoms with van der Waals surface area (Å²) >= 11 is 5.88. The van der Waals surface area contributed by atoms with Crippen LogP contribution in [0.2, 0.25) is 5.02 Å². The number of halogens is 1. The van der Waals surface area contributed by atoms with E-state index < -0.39 is 9.84 Å². The van der Waals surface area contributed by atoms with E-state index >= 15 is 0 Å². The van der Waals surface area contributed by atoms with Crippen LogP contribution in [0.25, 0.3) is 0 Å². The van der Waals surface area contributed by atoms with Crippen LogP contribution in [0.1, 0.15) is 16.8 Å². The third kappa shape index (κ3) is 2.98. The maximum atomic E-state index is 11.8. The molecule has 1 heterocycles. The van der Waals surface area contributed by atoms with Crippen molar-refractivity contribution in [1.82, 2.24) is 5.32 Å². The molecule has 0 aliphatic carbocycles. The summed E-state index contributed by atoms with van der Waals surface area (Å²) in [7, 11) is -2.98. The lowest BCUT2D eigenvalue weighted by molar-refractivity contribution is 0.0941. The molecule has 17 heavy (non-hydrogen) atoms. The second-order valence-corrected chi connectivity index (χ2v) is 6.69. The molecule has 0 spiro atoms. The van der Waals surface area contributed by atoms with Crippen LogP contribution in [0.4, 0.5) is 0 Å². The first-order valence-corrected chi connectivity index (χ1v) is 7.44. The average molecular weight is 274 g/mol. The van der Waals surface area contributed by atoms with Gasteiger partial charge in [0.1, 0.15) is 0 Å². The highest BCUT2D eigenvalue weighted by atomic mass is 35.5. The van der Waals surface area contributed by atoms with Crippen LogP contribution in [0.3, 0.4) is 0 Å². The Morgan fingerprint density at radius 2 is 2.06 bits per heavy atom. The van der Waals surface area contributed by atoms with Crippen molar-refractivity contribution in [2.24, 2.45) is 0 Å². The molecule has 1 aliphatic heterocycles. The van der Waals surface area contributed by atoms with Gasteiger partial charge in [0.2, 0.25) is 0 Å². The molecule has 92 valence electrons. The summed E-state index contributed by atoms with van der Waals surface area (Å²) in [6, 6.07) is 6.39. The first-order chi connectivity index (χ1) is 7.98. The molecule has 6 heteroatoms. The molecular formula is C11H12ClNO3S. The summed E-state index contributed by atoms with van der Waals surface area (Å²) in [6.45, 7) is 0. The van der Waals surface area contributed by atoms with Crippen LogP contribution in [0.5, 0.6) is 0 Å². The fraction of sp³-hybridized carbons (Fsp3) is 0.364. The minimum atomic E-state index is -2.98. The van der Waals surface area contributed by atoms with Crippen molar-refractivity contribution in [2.75, 3.05) is 11.5 Å². The van der Waals surface area contributed by atoms with E-state index in [-0.39, 0.29) is 23.5 Å². The number of nitrogens with one attached hydrogen (secondary N) is 1. The normalized spacial score (nSPS) is 22.3. The molecule has 1 aromatic rings. The SMILES string of the molecule is O=C(N[C@@H]1CCS(=O)(=O)C1)c1ccccc1Cl. The molecule has 1 aromatic carbocycles. The Balaban J connectivity index is 2.06. The third-order valence-electron chi connectivity index (χ3n) is 2.69. The topological polar surface area (TPSA) is 63.2 Å². The van der Waals surface area contributed by atoms with E-state index in [0.717, 1.165) is 0 Å². The summed E-state index contributed by atoms with van der Waals surface area (Å²) < 4.78 is 22.5. The summed E-state index contributed by atoms with van der Waals surface area (Å²) in [5, 5.41) is 3.06.